The van der Waals surface area contributed by atoms with E-state index in [1.165, 1.54) is 0 Å². The van der Waals surface area contributed by atoms with Gasteiger partial charge in [-0.25, -0.2) is 0 Å². The fourth-order valence-electron chi connectivity index (χ4n) is 3.74. The van der Waals surface area contributed by atoms with Crippen LogP contribution in [0.5, 0.6) is 0 Å². The van der Waals surface area contributed by atoms with E-state index in [1.807, 2.05) is 48.3 Å². The van der Waals surface area contributed by atoms with Crippen molar-refractivity contribution in [1.29, 1.82) is 0 Å². The molecule has 2 heterocycles. The Morgan fingerprint density at radius 3 is 2.29 bits per heavy atom. The summed E-state index contributed by atoms with van der Waals surface area (Å²) >= 11 is 1.73. The number of carbonyl (C=O) groups is 1. The lowest BCUT2D eigenvalue weighted by molar-refractivity contribution is -0.118. The molecule has 0 aromatic heterocycles. The number of likely N-dealkylation sites (N-methyl/N-ethyl adjacent to an activating group) is 1. The quantitative estimate of drug-likeness (QED) is 0.746. The third kappa shape index (κ3) is 4.41. The van der Waals surface area contributed by atoms with E-state index < -0.39 is 0 Å². The van der Waals surface area contributed by atoms with Gasteiger partial charge in [0, 0.05) is 22.9 Å². The summed E-state index contributed by atoms with van der Waals surface area (Å²) in [6, 6.07) is 16.3. The first-order valence-corrected chi connectivity index (χ1v) is 10.7. The van der Waals surface area contributed by atoms with Crippen LogP contribution in [0, 0.1) is 0 Å². The Morgan fingerprint density at radius 2 is 1.64 bits per heavy atom. The van der Waals surface area contributed by atoms with Gasteiger partial charge in [0.1, 0.15) is 0 Å². The third-order valence-electron chi connectivity index (χ3n) is 5.20. The predicted molar refractivity (Wildman–Crippen MR) is 114 cm³/mol. The number of ether oxygens (including phenoxy) is 1. The Morgan fingerprint density at radius 1 is 1.04 bits per heavy atom. The number of anilines is 2. The minimum Gasteiger partial charge on any atom is -0.379 e. The van der Waals surface area contributed by atoms with Crippen LogP contribution in [-0.4, -0.2) is 68.7 Å². The van der Waals surface area contributed by atoms with Gasteiger partial charge in [0.05, 0.1) is 31.1 Å². The maximum absolute atomic E-state index is 13.2. The molecule has 148 valence electrons. The molecule has 2 aliphatic heterocycles. The molecular formula is C22H27N3O2S. The predicted octanol–water partition coefficient (Wildman–Crippen LogP) is 3.47. The summed E-state index contributed by atoms with van der Waals surface area (Å²) in [5.74, 6) is 0.120. The number of hydrogen-bond donors (Lipinski definition) is 0. The Balaban J connectivity index is 1.40. The maximum Gasteiger partial charge on any atom is 0.245 e. The smallest absolute Gasteiger partial charge is 0.245 e. The Kier molecular flexibility index (Phi) is 6.32. The maximum atomic E-state index is 13.2. The highest BCUT2D eigenvalue weighted by molar-refractivity contribution is 7.99. The first kappa shape index (κ1) is 19.5. The molecule has 2 aliphatic rings. The summed E-state index contributed by atoms with van der Waals surface area (Å²) in [7, 11) is 2.04. The largest absolute Gasteiger partial charge is 0.379 e. The summed E-state index contributed by atoms with van der Waals surface area (Å²) in [6.07, 6.45) is 1.06. The van der Waals surface area contributed by atoms with E-state index in [4.69, 9.17) is 4.74 Å². The molecule has 1 fully saturated rings. The van der Waals surface area contributed by atoms with Gasteiger partial charge in [0.15, 0.2) is 0 Å². The molecule has 0 N–H and O–H groups in total. The highest BCUT2D eigenvalue weighted by atomic mass is 32.2. The number of morpholine rings is 1. The van der Waals surface area contributed by atoms with Crippen molar-refractivity contribution in [3.63, 3.8) is 0 Å². The summed E-state index contributed by atoms with van der Waals surface area (Å²) in [6.45, 7) is 6.09. The van der Waals surface area contributed by atoms with Crippen molar-refractivity contribution in [1.82, 2.24) is 9.80 Å². The van der Waals surface area contributed by atoms with Gasteiger partial charge in [-0.2, -0.15) is 0 Å². The second-order valence-corrected chi connectivity index (χ2v) is 8.40. The van der Waals surface area contributed by atoms with Crippen molar-refractivity contribution in [2.45, 2.75) is 16.2 Å². The second-order valence-electron chi connectivity index (χ2n) is 7.31. The van der Waals surface area contributed by atoms with E-state index >= 15 is 0 Å². The number of hydrogen-bond acceptors (Lipinski definition) is 5. The lowest BCUT2D eigenvalue weighted by atomic mass is 10.2. The van der Waals surface area contributed by atoms with Gasteiger partial charge in [0.25, 0.3) is 0 Å². The molecule has 1 amide bonds. The summed E-state index contributed by atoms with van der Waals surface area (Å²) in [4.78, 5) is 22.0. The number of fused-ring (bicyclic) bond motifs is 2. The summed E-state index contributed by atoms with van der Waals surface area (Å²) < 4.78 is 5.40. The molecule has 1 saturated heterocycles. The Bertz CT molecular complexity index is 777. The van der Waals surface area contributed by atoms with Crippen molar-refractivity contribution >= 4 is 29.0 Å². The number of nitrogens with zero attached hydrogens (tertiary/aromatic N) is 3. The molecule has 0 spiro atoms. The first-order valence-electron chi connectivity index (χ1n) is 9.90. The second kappa shape index (κ2) is 9.09. The zero-order valence-corrected chi connectivity index (χ0v) is 17.2. The molecule has 2 aromatic rings. The fraction of sp³-hybridized carbons (Fsp3) is 0.409. The minimum absolute atomic E-state index is 0.120. The van der Waals surface area contributed by atoms with Crippen LogP contribution in [0.25, 0.3) is 0 Å². The molecule has 28 heavy (non-hydrogen) atoms. The Hall–Kier alpha value is -1.86. The number of para-hydroxylation sites is 2. The van der Waals surface area contributed by atoms with E-state index in [-0.39, 0.29) is 5.91 Å². The first-order chi connectivity index (χ1) is 13.7. The zero-order chi connectivity index (χ0) is 19.3. The highest BCUT2D eigenvalue weighted by Crippen LogP contribution is 2.47. The van der Waals surface area contributed by atoms with Gasteiger partial charge >= 0.3 is 0 Å². The summed E-state index contributed by atoms with van der Waals surface area (Å²) in [5, 5.41) is 0. The van der Waals surface area contributed by atoms with Crippen molar-refractivity contribution in [3.05, 3.63) is 48.5 Å². The number of carbonyl (C=O) groups excluding carboxylic acids is 1. The molecule has 0 unspecified atom stereocenters. The van der Waals surface area contributed by atoms with Gasteiger partial charge in [0.2, 0.25) is 5.91 Å². The van der Waals surface area contributed by atoms with Crippen LogP contribution in [0.3, 0.4) is 0 Å². The van der Waals surface area contributed by atoms with Crippen molar-refractivity contribution in [2.75, 3.05) is 57.9 Å². The van der Waals surface area contributed by atoms with Crippen LogP contribution in [0.2, 0.25) is 0 Å². The van der Waals surface area contributed by atoms with E-state index in [0.29, 0.717) is 6.54 Å². The van der Waals surface area contributed by atoms with Crippen LogP contribution in [-0.2, 0) is 9.53 Å². The molecule has 0 saturated carbocycles. The molecule has 0 aliphatic carbocycles. The van der Waals surface area contributed by atoms with Gasteiger partial charge in [-0.15, -0.1) is 0 Å². The lowest BCUT2D eigenvalue weighted by Crippen LogP contribution is -2.40. The van der Waals surface area contributed by atoms with Crippen LogP contribution in [0.1, 0.15) is 6.42 Å². The van der Waals surface area contributed by atoms with Crippen molar-refractivity contribution in [2.24, 2.45) is 0 Å². The van der Waals surface area contributed by atoms with E-state index in [1.54, 1.807) is 11.8 Å². The summed E-state index contributed by atoms with van der Waals surface area (Å²) in [5.41, 5.74) is 1.97. The fourth-order valence-corrected chi connectivity index (χ4v) is 4.80. The van der Waals surface area contributed by atoms with Gasteiger partial charge in [-0.3, -0.25) is 19.5 Å². The van der Waals surface area contributed by atoms with Crippen molar-refractivity contribution < 1.29 is 9.53 Å². The van der Waals surface area contributed by atoms with E-state index in [2.05, 4.69) is 21.9 Å². The highest BCUT2D eigenvalue weighted by Gasteiger charge is 2.28. The monoisotopic (exact) mass is 397 g/mol. The SMILES string of the molecule is CN(CCCN1CCOCC1)CC(=O)N1c2ccccc2Sc2ccccc21. The third-order valence-corrected chi connectivity index (χ3v) is 6.33. The average molecular weight is 398 g/mol. The molecule has 0 radical (unpaired) electrons. The van der Waals surface area contributed by atoms with Crippen LogP contribution in [0.15, 0.2) is 58.3 Å². The molecule has 5 nitrogen and oxygen atoms in total. The van der Waals surface area contributed by atoms with Gasteiger partial charge < -0.3 is 4.74 Å². The molecule has 0 bridgehead atoms. The number of benzene rings is 2. The van der Waals surface area contributed by atoms with Gasteiger partial charge in [-0.1, -0.05) is 36.0 Å². The number of rotatable bonds is 6. The molecule has 2 aromatic carbocycles. The van der Waals surface area contributed by atoms with Gasteiger partial charge in [-0.05, 0) is 50.8 Å². The van der Waals surface area contributed by atoms with Crippen LogP contribution in [0.4, 0.5) is 11.4 Å². The Labute approximate surface area is 171 Å². The van der Waals surface area contributed by atoms with Crippen LogP contribution < -0.4 is 4.90 Å². The standard InChI is InChI=1S/C22H27N3O2S/c1-23(11-6-12-24-13-15-27-16-14-24)17-22(26)25-18-7-2-4-9-20(18)28-21-10-5-3-8-19(21)25/h2-5,7-10H,6,11-17H2,1H3. The molecule has 6 heteroatoms. The minimum atomic E-state index is 0.120. The zero-order valence-electron chi connectivity index (χ0n) is 16.3. The topological polar surface area (TPSA) is 36.0 Å². The van der Waals surface area contributed by atoms with E-state index in [9.17, 15) is 4.79 Å². The normalized spacial score (nSPS) is 16.7. The van der Waals surface area contributed by atoms with E-state index in [0.717, 1.165) is 67.0 Å². The lowest BCUT2D eigenvalue weighted by Gasteiger charge is -2.32. The average Bonchev–Trinajstić information content (AvgIpc) is 2.72. The van der Waals surface area contributed by atoms with Crippen LogP contribution >= 0.6 is 11.8 Å². The van der Waals surface area contributed by atoms with Crippen molar-refractivity contribution in [3.8, 4) is 0 Å². The molecule has 0 atom stereocenters. The molecular weight excluding hydrogens is 370 g/mol. The molecule has 4 rings (SSSR count). The number of amides is 1.